The summed E-state index contributed by atoms with van der Waals surface area (Å²) in [4.78, 5) is 3.86. The Bertz CT molecular complexity index is 160. The topological polar surface area (TPSA) is 12.4 Å². The SMILES string of the molecule is C=C(C)N=C/C(Cl)=C\P. The van der Waals surface area contributed by atoms with Crippen LogP contribution in [-0.2, 0) is 0 Å². The van der Waals surface area contributed by atoms with Gasteiger partial charge in [-0.05, 0) is 12.7 Å². The van der Waals surface area contributed by atoms with E-state index in [-0.39, 0.29) is 0 Å². The lowest BCUT2D eigenvalue weighted by Crippen LogP contribution is -1.71. The maximum Gasteiger partial charge on any atom is 0.0588 e. The van der Waals surface area contributed by atoms with Gasteiger partial charge in [-0.3, -0.25) is 4.99 Å². The first-order valence-corrected chi connectivity index (χ1v) is 3.48. The fourth-order valence-corrected chi connectivity index (χ4v) is 0.350. The van der Waals surface area contributed by atoms with Crippen LogP contribution in [0.25, 0.3) is 0 Å². The molecule has 0 fully saturated rings. The summed E-state index contributed by atoms with van der Waals surface area (Å²) in [5.74, 6) is 1.69. The van der Waals surface area contributed by atoms with Crippen LogP contribution in [0.15, 0.2) is 28.1 Å². The molecule has 50 valence electrons. The molecule has 0 radical (unpaired) electrons. The van der Waals surface area contributed by atoms with Crippen molar-refractivity contribution in [1.82, 2.24) is 0 Å². The highest BCUT2D eigenvalue weighted by Gasteiger charge is 1.79. The Kier molecular flexibility index (Phi) is 4.65. The van der Waals surface area contributed by atoms with Gasteiger partial charge in [0.15, 0.2) is 0 Å². The molecule has 0 aromatic rings. The highest BCUT2D eigenvalue weighted by Crippen LogP contribution is 2.01. The van der Waals surface area contributed by atoms with Gasteiger partial charge in [0.1, 0.15) is 0 Å². The van der Waals surface area contributed by atoms with Crippen molar-refractivity contribution in [3.05, 3.63) is 23.1 Å². The molecular formula is C6H9ClNP. The molecule has 0 rings (SSSR count). The Labute approximate surface area is 62.7 Å². The van der Waals surface area contributed by atoms with E-state index in [4.69, 9.17) is 11.6 Å². The van der Waals surface area contributed by atoms with Gasteiger partial charge < -0.3 is 0 Å². The van der Waals surface area contributed by atoms with Crippen LogP contribution in [0.3, 0.4) is 0 Å². The molecule has 1 nitrogen and oxygen atoms in total. The fraction of sp³-hybridized carbons (Fsp3) is 0.167. The summed E-state index contributed by atoms with van der Waals surface area (Å²) in [5, 5.41) is 0.600. The van der Waals surface area contributed by atoms with E-state index in [0.29, 0.717) is 5.03 Å². The zero-order valence-electron chi connectivity index (χ0n) is 5.26. The molecule has 1 atom stereocenters. The highest BCUT2D eigenvalue weighted by molar-refractivity contribution is 7.21. The smallest absolute Gasteiger partial charge is 0.0588 e. The van der Waals surface area contributed by atoms with Gasteiger partial charge in [-0.1, -0.05) is 18.2 Å². The van der Waals surface area contributed by atoms with Crippen molar-refractivity contribution >= 4 is 27.1 Å². The van der Waals surface area contributed by atoms with Crippen molar-refractivity contribution in [2.45, 2.75) is 6.92 Å². The van der Waals surface area contributed by atoms with Crippen LogP contribution in [0.5, 0.6) is 0 Å². The van der Waals surface area contributed by atoms with Crippen LogP contribution in [0.1, 0.15) is 6.92 Å². The molecule has 0 aliphatic carbocycles. The maximum absolute atomic E-state index is 5.56. The van der Waals surface area contributed by atoms with Crippen LogP contribution in [0.4, 0.5) is 0 Å². The van der Waals surface area contributed by atoms with Crippen molar-refractivity contribution < 1.29 is 0 Å². The molecule has 0 saturated heterocycles. The zero-order valence-corrected chi connectivity index (χ0v) is 7.17. The minimum atomic E-state index is 0.600. The minimum absolute atomic E-state index is 0.600. The van der Waals surface area contributed by atoms with Gasteiger partial charge >= 0.3 is 0 Å². The van der Waals surface area contributed by atoms with Gasteiger partial charge in [0.25, 0.3) is 0 Å². The van der Waals surface area contributed by atoms with Crippen molar-refractivity contribution in [1.29, 1.82) is 0 Å². The molecule has 0 N–H and O–H groups in total. The molecule has 9 heavy (non-hydrogen) atoms. The normalized spacial score (nSPS) is 12.6. The number of rotatable bonds is 2. The molecule has 0 bridgehead atoms. The Morgan fingerprint density at radius 3 is 2.67 bits per heavy atom. The first kappa shape index (κ1) is 8.87. The zero-order chi connectivity index (χ0) is 7.28. The Morgan fingerprint density at radius 2 is 2.33 bits per heavy atom. The summed E-state index contributed by atoms with van der Waals surface area (Å²) < 4.78 is 0. The molecule has 3 heteroatoms. The lowest BCUT2D eigenvalue weighted by Gasteiger charge is -1.84. The van der Waals surface area contributed by atoms with E-state index in [9.17, 15) is 0 Å². The van der Waals surface area contributed by atoms with Crippen LogP contribution in [-0.4, -0.2) is 6.21 Å². The summed E-state index contributed by atoms with van der Waals surface area (Å²) in [7, 11) is 2.39. The van der Waals surface area contributed by atoms with E-state index in [0.717, 1.165) is 5.70 Å². The molecule has 1 unspecified atom stereocenters. The van der Waals surface area contributed by atoms with Crippen LogP contribution in [0, 0.1) is 0 Å². The Hall–Kier alpha value is -0.130. The molecular weight excluding hydrogens is 152 g/mol. The first-order chi connectivity index (χ1) is 4.16. The number of hydrogen-bond donors (Lipinski definition) is 0. The van der Waals surface area contributed by atoms with E-state index in [1.807, 2.05) is 6.92 Å². The first-order valence-electron chi connectivity index (χ1n) is 2.44. The highest BCUT2D eigenvalue weighted by atomic mass is 35.5. The van der Waals surface area contributed by atoms with Crippen molar-refractivity contribution in [2.75, 3.05) is 0 Å². The third kappa shape index (κ3) is 5.75. The summed E-state index contributed by atoms with van der Waals surface area (Å²) in [6.07, 6.45) is 1.55. The third-order valence-corrected chi connectivity index (χ3v) is 1.36. The van der Waals surface area contributed by atoms with E-state index in [1.54, 1.807) is 12.0 Å². The summed E-state index contributed by atoms with van der Waals surface area (Å²) in [6.45, 7) is 5.38. The van der Waals surface area contributed by atoms with Gasteiger partial charge in [0.05, 0.1) is 5.03 Å². The predicted molar refractivity (Wildman–Crippen MR) is 47.0 cm³/mol. The molecule has 0 aliphatic rings. The summed E-state index contributed by atoms with van der Waals surface area (Å²) in [6, 6.07) is 0. The average Bonchev–Trinajstić information content (AvgIpc) is 1.83. The standard InChI is InChI=1S/C6H9ClNP/c1-5(2)8-3-6(7)4-9/h3-4H,1,9H2,2H3/b6-4+,8-3?. The lowest BCUT2D eigenvalue weighted by molar-refractivity contribution is 1.34. The van der Waals surface area contributed by atoms with Gasteiger partial charge in [0, 0.05) is 11.9 Å². The van der Waals surface area contributed by atoms with Crippen molar-refractivity contribution in [3.8, 4) is 0 Å². The van der Waals surface area contributed by atoms with Crippen LogP contribution >= 0.6 is 20.8 Å². The maximum atomic E-state index is 5.56. The largest absolute Gasteiger partial charge is 0.261 e. The second-order valence-electron chi connectivity index (χ2n) is 1.55. The molecule has 0 amide bonds. The Balaban J connectivity index is 3.86. The van der Waals surface area contributed by atoms with E-state index in [1.165, 1.54) is 0 Å². The summed E-state index contributed by atoms with van der Waals surface area (Å²) in [5.41, 5.74) is 0.750. The molecule has 0 aromatic carbocycles. The minimum Gasteiger partial charge on any atom is -0.261 e. The molecule has 0 aliphatic heterocycles. The van der Waals surface area contributed by atoms with Gasteiger partial charge in [-0.2, -0.15) is 0 Å². The third-order valence-electron chi connectivity index (χ3n) is 0.567. The number of allylic oxidation sites excluding steroid dienone is 2. The van der Waals surface area contributed by atoms with Crippen molar-refractivity contribution in [3.63, 3.8) is 0 Å². The van der Waals surface area contributed by atoms with Crippen LogP contribution in [0.2, 0.25) is 0 Å². The second kappa shape index (κ2) is 4.72. The van der Waals surface area contributed by atoms with E-state index < -0.39 is 0 Å². The molecule has 0 aromatic heterocycles. The van der Waals surface area contributed by atoms with Crippen LogP contribution < -0.4 is 0 Å². The van der Waals surface area contributed by atoms with Gasteiger partial charge in [-0.25, -0.2) is 0 Å². The summed E-state index contributed by atoms with van der Waals surface area (Å²) >= 11 is 5.56. The fourth-order valence-electron chi connectivity index (χ4n) is 0.215. The number of aliphatic imine (C=N–C) groups is 1. The average molecular weight is 162 g/mol. The molecule has 0 saturated carbocycles. The van der Waals surface area contributed by atoms with E-state index in [2.05, 4.69) is 20.8 Å². The molecule has 0 spiro atoms. The quantitative estimate of drug-likeness (QED) is 0.436. The number of hydrogen-bond acceptors (Lipinski definition) is 1. The van der Waals surface area contributed by atoms with Gasteiger partial charge in [-0.15, -0.1) is 9.24 Å². The molecule has 0 heterocycles. The second-order valence-corrected chi connectivity index (χ2v) is 2.31. The monoisotopic (exact) mass is 161 g/mol. The predicted octanol–water partition coefficient (Wildman–Crippen LogP) is 2.55. The number of halogens is 1. The van der Waals surface area contributed by atoms with E-state index >= 15 is 0 Å². The number of nitrogens with zero attached hydrogens (tertiary/aromatic N) is 1. The lowest BCUT2D eigenvalue weighted by atomic mass is 10.6. The van der Waals surface area contributed by atoms with Crippen molar-refractivity contribution in [2.24, 2.45) is 4.99 Å². The van der Waals surface area contributed by atoms with Gasteiger partial charge in [0.2, 0.25) is 0 Å². The Morgan fingerprint density at radius 1 is 1.78 bits per heavy atom.